The smallest absolute Gasteiger partial charge is 0.241 e. The number of piperazine rings is 1. The standard InChI is InChI=1S/C20H24FN3O/c1-15-11-16(2)13-17(12-15)22-14-20(25)24-9-7-23(8-10-24)19-6-4-3-5-18(19)21/h3-6,11-13,22H,7-10,14H2,1-2H3. The van der Waals surface area contributed by atoms with Gasteiger partial charge in [-0.25, -0.2) is 4.39 Å². The van der Waals surface area contributed by atoms with Crippen molar-refractivity contribution >= 4 is 17.3 Å². The number of amides is 1. The average Bonchev–Trinajstić information content (AvgIpc) is 2.59. The van der Waals surface area contributed by atoms with Crippen molar-refractivity contribution in [1.82, 2.24) is 4.90 Å². The zero-order chi connectivity index (χ0) is 17.8. The quantitative estimate of drug-likeness (QED) is 0.928. The molecule has 0 bridgehead atoms. The van der Waals surface area contributed by atoms with Crippen molar-refractivity contribution < 1.29 is 9.18 Å². The minimum atomic E-state index is -0.209. The zero-order valence-corrected chi connectivity index (χ0v) is 14.8. The Morgan fingerprint density at radius 2 is 1.68 bits per heavy atom. The number of hydrogen-bond donors (Lipinski definition) is 1. The molecule has 0 radical (unpaired) electrons. The van der Waals surface area contributed by atoms with Crippen LogP contribution in [0, 0.1) is 19.7 Å². The second kappa shape index (κ2) is 7.55. The predicted octanol–water partition coefficient (Wildman–Crippen LogP) is 3.20. The third-order valence-corrected chi connectivity index (χ3v) is 4.49. The van der Waals surface area contributed by atoms with E-state index in [2.05, 4.69) is 11.4 Å². The van der Waals surface area contributed by atoms with Crippen LogP contribution in [0.1, 0.15) is 11.1 Å². The Hall–Kier alpha value is -2.56. The predicted molar refractivity (Wildman–Crippen MR) is 99.6 cm³/mol. The first-order chi connectivity index (χ1) is 12.0. The summed E-state index contributed by atoms with van der Waals surface area (Å²) >= 11 is 0. The molecule has 1 fully saturated rings. The van der Waals surface area contributed by atoms with Gasteiger partial charge in [0.15, 0.2) is 0 Å². The van der Waals surface area contributed by atoms with Crippen LogP contribution in [0.2, 0.25) is 0 Å². The summed E-state index contributed by atoms with van der Waals surface area (Å²) in [4.78, 5) is 16.3. The SMILES string of the molecule is Cc1cc(C)cc(NCC(=O)N2CCN(c3ccccc3F)CC2)c1. The molecule has 0 spiro atoms. The number of para-hydroxylation sites is 1. The van der Waals surface area contributed by atoms with Crippen molar-refractivity contribution in [3.8, 4) is 0 Å². The molecule has 1 N–H and O–H groups in total. The Balaban J connectivity index is 1.52. The van der Waals surface area contributed by atoms with Gasteiger partial charge in [-0.15, -0.1) is 0 Å². The summed E-state index contributed by atoms with van der Waals surface area (Å²) in [6.45, 7) is 6.89. The Kier molecular flexibility index (Phi) is 5.22. The van der Waals surface area contributed by atoms with Crippen LogP contribution < -0.4 is 10.2 Å². The van der Waals surface area contributed by atoms with E-state index in [0.717, 1.165) is 5.69 Å². The first-order valence-electron chi connectivity index (χ1n) is 8.62. The van der Waals surface area contributed by atoms with Crippen molar-refractivity contribution in [2.75, 3.05) is 42.9 Å². The molecule has 1 aliphatic rings. The van der Waals surface area contributed by atoms with Crippen LogP contribution in [0.3, 0.4) is 0 Å². The van der Waals surface area contributed by atoms with E-state index >= 15 is 0 Å². The highest BCUT2D eigenvalue weighted by Gasteiger charge is 2.22. The van der Waals surface area contributed by atoms with Gasteiger partial charge in [-0.05, 0) is 49.2 Å². The van der Waals surface area contributed by atoms with Crippen LogP contribution in [0.5, 0.6) is 0 Å². The normalized spacial score (nSPS) is 14.5. The highest BCUT2D eigenvalue weighted by atomic mass is 19.1. The van der Waals surface area contributed by atoms with Crippen molar-refractivity contribution in [1.29, 1.82) is 0 Å². The molecule has 4 nitrogen and oxygen atoms in total. The molecule has 0 aromatic heterocycles. The second-order valence-electron chi connectivity index (χ2n) is 6.55. The van der Waals surface area contributed by atoms with Gasteiger partial charge in [0.05, 0.1) is 12.2 Å². The van der Waals surface area contributed by atoms with Gasteiger partial charge < -0.3 is 15.1 Å². The van der Waals surface area contributed by atoms with Gasteiger partial charge in [-0.3, -0.25) is 4.79 Å². The summed E-state index contributed by atoms with van der Waals surface area (Å²) in [6, 6.07) is 13.0. The zero-order valence-electron chi connectivity index (χ0n) is 14.8. The molecular weight excluding hydrogens is 317 g/mol. The minimum Gasteiger partial charge on any atom is -0.376 e. The molecule has 0 unspecified atom stereocenters. The van der Waals surface area contributed by atoms with Crippen molar-refractivity contribution in [3.05, 3.63) is 59.4 Å². The molecule has 2 aromatic rings. The number of aryl methyl sites for hydroxylation is 2. The number of halogens is 1. The average molecular weight is 341 g/mol. The number of nitrogens with zero attached hydrogens (tertiary/aromatic N) is 2. The van der Waals surface area contributed by atoms with Gasteiger partial charge in [0.25, 0.3) is 0 Å². The van der Waals surface area contributed by atoms with Gasteiger partial charge in [0.1, 0.15) is 5.82 Å². The van der Waals surface area contributed by atoms with Crippen molar-refractivity contribution in [3.63, 3.8) is 0 Å². The van der Waals surface area contributed by atoms with Gasteiger partial charge in [-0.2, -0.15) is 0 Å². The monoisotopic (exact) mass is 341 g/mol. The summed E-state index contributed by atoms with van der Waals surface area (Å²) in [5, 5.41) is 3.21. The molecule has 0 aliphatic carbocycles. The van der Waals surface area contributed by atoms with Crippen LogP contribution in [0.15, 0.2) is 42.5 Å². The maximum atomic E-state index is 13.9. The van der Waals surface area contributed by atoms with E-state index in [4.69, 9.17) is 0 Å². The maximum absolute atomic E-state index is 13.9. The molecule has 0 saturated carbocycles. The lowest BCUT2D eigenvalue weighted by Gasteiger charge is -2.36. The summed E-state index contributed by atoms with van der Waals surface area (Å²) in [6.07, 6.45) is 0. The Morgan fingerprint density at radius 3 is 2.32 bits per heavy atom. The first kappa shape index (κ1) is 17.3. The van der Waals surface area contributed by atoms with Crippen LogP contribution in [0.4, 0.5) is 15.8 Å². The summed E-state index contributed by atoms with van der Waals surface area (Å²) in [5.41, 5.74) is 3.93. The summed E-state index contributed by atoms with van der Waals surface area (Å²) in [5.74, 6) is -0.133. The molecule has 1 saturated heterocycles. The third-order valence-electron chi connectivity index (χ3n) is 4.49. The lowest BCUT2D eigenvalue weighted by Crippen LogP contribution is -2.50. The number of nitrogens with one attached hydrogen (secondary N) is 1. The topological polar surface area (TPSA) is 35.6 Å². The fourth-order valence-corrected chi connectivity index (χ4v) is 3.27. The molecule has 0 atom stereocenters. The maximum Gasteiger partial charge on any atom is 0.241 e. The highest BCUT2D eigenvalue weighted by molar-refractivity contribution is 5.81. The molecule has 132 valence electrons. The fraction of sp³-hybridized carbons (Fsp3) is 0.350. The number of hydrogen-bond acceptors (Lipinski definition) is 3. The van der Waals surface area contributed by atoms with Crippen LogP contribution >= 0.6 is 0 Å². The summed E-state index contributed by atoms with van der Waals surface area (Å²) < 4.78 is 13.9. The fourth-order valence-electron chi connectivity index (χ4n) is 3.27. The minimum absolute atomic E-state index is 0.0762. The lowest BCUT2D eigenvalue weighted by molar-refractivity contribution is -0.129. The van der Waals surface area contributed by atoms with Crippen molar-refractivity contribution in [2.24, 2.45) is 0 Å². The number of rotatable bonds is 4. The van der Waals surface area contributed by atoms with E-state index in [-0.39, 0.29) is 18.3 Å². The van der Waals surface area contributed by atoms with Gasteiger partial charge in [-0.1, -0.05) is 18.2 Å². The van der Waals surface area contributed by atoms with Gasteiger partial charge >= 0.3 is 0 Å². The number of carbonyl (C=O) groups excluding carboxylic acids is 1. The molecular formula is C20H24FN3O. The van der Waals surface area contributed by atoms with Gasteiger partial charge in [0.2, 0.25) is 5.91 Å². The number of anilines is 2. The lowest BCUT2D eigenvalue weighted by atomic mass is 10.1. The van der Waals surface area contributed by atoms with E-state index in [0.29, 0.717) is 31.9 Å². The molecule has 5 heteroatoms. The Bertz CT molecular complexity index is 734. The molecule has 3 rings (SSSR count). The molecule has 25 heavy (non-hydrogen) atoms. The van der Waals surface area contributed by atoms with Crippen LogP contribution in [0.25, 0.3) is 0 Å². The first-order valence-corrected chi connectivity index (χ1v) is 8.62. The largest absolute Gasteiger partial charge is 0.376 e. The molecule has 1 aliphatic heterocycles. The highest BCUT2D eigenvalue weighted by Crippen LogP contribution is 2.20. The van der Waals surface area contributed by atoms with E-state index in [1.54, 1.807) is 12.1 Å². The number of carbonyl (C=O) groups is 1. The molecule has 2 aromatic carbocycles. The van der Waals surface area contributed by atoms with E-state index in [1.165, 1.54) is 17.2 Å². The van der Waals surface area contributed by atoms with Crippen LogP contribution in [-0.4, -0.2) is 43.5 Å². The second-order valence-corrected chi connectivity index (χ2v) is 6.55. The Morgan fingerprint density at radius 1 is 1.04 bits per heavy atom. The van der Waals surface area contributed by atoms with Crippen LogP contribution in [-0.2, 0) is 4.79 Å². The van der Waals surface area contributed by atoms with E-state index < -0.39 is 0 Å². The van der Waals surface area contributed by atoms with E-state index in [1.807, 2.05) is 41.8 Å². The van der Waals surface area contributed by atoms with E-state index in [9.17, 15) is 9.18 Å². The third kappa shape index (κ3) is 4.29. The molecule has 1 amide bonds. The molecule has 1 heterocycles. The van der Waals surface area contributed by atoms with Gasteiger partial charge in [0, 0.05) is 31.9 Å². The summed E-state index contributed by atoms with van der Waals surface area (Å²) in [7, 11) is 0. The number of benzene rings is 2. The van der Waals surface area contributed by atoms with Crippen molar-refractivity contribution in [2.45, 2.75) is 13.8 Å². The Labute approximate surface area is 148 Å².